The number of anilines is 3. The number of carbonyl (C=O) groups excluding carboxylic acids is 2. The van der Waals surface area contributed by atoms with Gasteiger partial charge < -0.3 is 54.7 Å². The summed E-state index contributed by atoms with van der Waals surface area (Å²) < 4.78 is 39.0. The van der Waals surface area contributed by atoms with Crippen LogP contribution in [0.3, 0.4) is 0 Å². The zero-order valence-electron chi connectivity index (χ0n) is 41.7. The maximum absolute atomic E-state index is 14.6. The summed E-state index contributed by atoms with van der Waals surface area (Å²) in [5.41, 5.74) is 15.7. The lowest BCUT2D eigenvalue weighted by molar-refractivity contribution is -0.245. The molecule has 12 rings (SSSR count). The van der Waals surface area contributed by atoms with Crippen molar-refractivity contribution in [2.75, 3.05) is 75.4 Å². The third-order valence-electron chi connectivity index (χ3n) is 15.8. The number of hydrogen-bond acceptors (Lipinski definition) is 15. The van der Waals surface area contributed by atoms with Crippen LogP contribution in [0.4, 0.5) is 17.6 Å². The van der Waals surface area contributed by atoms with Gasteiger partial charge in [-0.2, -0.15) is 4.98 Å². The number of carbonyl (C=O) groups is 2. The molecule has 0 radical (unpaired) electrons. The van der Waals surface area contributed by atoms with Crippen molar-refractivity contribution in [3.05, 3.63) is 96.3 Å². The summed E-state index contributed by atoms with van der Waals surface area (Å²) in [6, 6.07) is 12.8. The number of phosphoric acid groups is 1. The number of aromatic nitrogens is 4. The molecule has 5 atom stereocenters. The molecule has 0 saturated carbocycles. The number of rotatable bonds is 15. The van der Waals surface area contributed by atoms with Crippen molar-refractivity contribution in [3.8, 4) is 11.5 Å². The number of H-pyrrole nitrogens is 1. The van der Waals surface area contributed by atoms with Gasteiger partial charge in [-0.15, -0.1) is 0 Å². The van der Waals surface area contributed by atoms with E-state index in [1.165, 1.54) is 37.9 Å². The average Bonchev–Trinajstić information content (AvgIpc) is 3.92. The van der Waals surface area contributed by atoms with Gasteiger partial charge in [0, 0.05) is 97.8 Å². The van der Waals surface area contributed by atoms with Crippen molar-refractivity contribution in [2.24, 2.45) is 0 Å². The number of nitrogens with one attached hydrogen (secondary N) is 3. The fourth-order valence-electron chi connectivity index (χ4n) is 12.5. The SMILES string of the molecule is CN(CCCC(=O)NCCCCCCNc1nc2c(=O)[nH]c(N)nc2n1[C@@H]1O[C@@H]2COP(=O)([O-])O[C@H]2[C@H]1O)C(=O)c1ccccc1C1=c2cc3c4c(c2Oc2c1cc1c5c2CCCN5CCC1)CCC[N+]=4CCC3. The van der Waals surface area contributed by atoms with E-state index < -0.39 is 37.9 Å². The molecule has 7 aliphatic heterocycles. The van der Waals surface area contributed by atoms with Gasteiger partial charge in [0.1, 0.15) is 42.9 Å². The van der Waals surface area contributed by atoms with Gasteiger partial charge in [0.05, 0.1) is 12.2 Å². The number of aliphatic hydroxyl groups is 1. The first kappa shape index (κ1) is 48.8. The Bertz CT molecular complexity index is 3330. The second kappa shape index (κ2) is 19.8. The molecule has 2 saturated heterocycles. The number of nitrogens with two attached hydrogens (primary N) is 1. The van der Waals surface area contributed by atoms with E-state index in [0.29, 0.717) is 38.0 Å². The summed E-state index contributed by atoms with van der Waals surface area (Å²) in [4.78, 5) is 67.8. The van der Waals surface area contributed by atoms with Crippen LogP contribution in [0.15, 0.2) is 41.2 Å². The molecule has 2 fully saturated rings. The molecule has 3 aromatic carbocycles. The lowest BCUT2D eigenvalue weighted by Gasteiger charge is -2.39. The Morgan fingerprint density at radius 2 is 1.73 bits per heavy atom. The highest BCUT2D eigenvalue weighted by molar-refractivity contribution is 7.45. The molecule has 9 heterocycles. The Morgan fingerprint density at radius 1 is 0.959 bits per heavy atom. The predicted molar refractivity (Wildman–Crippen MR) is 274 cm³/mol. The summed E-state index contributed by atoms with van der Waals surface area (Å²) >= 11 is 0. The van der Waals surface area contributed by atoms with Crippen LogP contribution in [0.5, 0.6) is 11.5 Å². The van der Waals surface area contributed by atoms with Gasteiger partial charge in [-0.1, -0.05) is 31.0 Å². The molecular formula is C53H63N10O10P. The van der Waals surface area contributed by atoms with Crippen LogP contribution < -0.4 is 51.6 Å². The smallest absolute Gasteiger partial charge is 0.280 e. The Morgan fingerprint density at radius 3 is 2.58 bits per heavy atom. The molecule has 2 aromatic heterocycles. The number of unbranched alkanes of at least 4 members (excludes halogenated alkanes) is 3. The third-order valence-corrected chi connectivity index (χ3v) is 16.8. The number of nitrogen functional groups attached to an aromatic ring is 1. The number of hydrogen-bond donors (Lipinski definition) is 5. The van der Waals surface area contributed by atoms with Crippen molar-refractivity contribution in [1.82, 2.24) is 34.3 Å². The number of amides is 2. The van der Waals surface area contributed by atoms with E-state index in [2.05, 4.69) is 53.3 Å². The molecule has 0 aliphatic carbocycles. The number of benzene rings is 3. The number of fused-ring (bicyclic) bond motifs is 6. The predicted octanol–water partition coefficient (Wildman–Crippen LogP) is 2.92. The fourth-order valence-corrected chi connectivity index (χ4v) is 13.5. The van der Waals surface area contributed by atoms with E-state index in [0.717, 1.165) is 130 Å². The number of aliphatic hydroxyl groups excluding tert-OH is 1. The molecule has 2 amide bonds. The molecule has 390 valence electrons. The highest BCUT2D eigenvalue weighted by Gasteiger charge is 2.51. The van der Waals surface area contributed by atoms with Crippen molar-refractivity contribution < 1.29 is 42.7 Å². The van der Waals surface area contributed by atoms with E-state index in [4.69, 9.17) is 24.3 Å². The summed E-state index contributed by atoms with van der Waals surface area (Å²) in [5, 5.41) is 19.8. The first-order valence-corrected chi connectivity index (χ1v) is 27.9. The van der Waals surface area contributed by atoms with Crippen molar-refractivity contribution in [3.63, 3.8) is 0 Å². The Labute approximate surface area is 427 Å². The van der Waals surface area contributed by atoms with Gasteiger partial charge in [0.15, 0.2) is 17.4 Å². The first-order chi connectivity index (χ1) is 35.9. The zero-order chi connectivity index (χ0) is 50.8. The van der Waals surface area contributed by atoms with E-state index in [-0.39, 0.29) is 47.9 Å². The van der Waals surface area contributed by atoms with Crippen LogP contribution in [0.1, 0.15) is 114 Å². The van der Waals surface area contributed by atoms with Crippen LogP contribution in [-0.2, 0) is 48.8 Å². The molecule has 74 heavy (non-hydrogen) atoms. The number of nitrogens with zero attached hydrogens (tertiary/aromatic N) is 6. The van der Waals surface area contributed by atoms with Crippen LogP contribution in [0.2, 0.25) is 0 Å². The molecule has 0 spiro atoms. The number of ether oxygens (including phenoxy) is 2. The van der Waals surface area contributed by atoms with Crippen molar-refractivity contribution in [2.45, 2.75) is 114 Å². The second-order valence-electron chi connectivity index (χ2n) is 20.7. The number of phosphoric ester groups is 1. The largest absolute Gasteiger partial charge is 0.756 e. The Balaban J connectivity index is 0.672. The molecule has 6 N–H and O–H groups in total. The summed E-state index contributed by atoms with van der Waals surface area (Å²) in [7, 11) is -2.80. The van der Waals surface area contributed by atoms with E-state index in [1.807, 2.05) is 25.2 Å². The van der Waals surface area contributed by atoms with Gasteiger partial charge in [-0.3, -0.25) is 28.5 Å². The molecule has 7 aliphatic rings. The lowest BCUT2D eigenvalue weighted by atomic mass is 9.81. The molecule has 0 bridgehead atoms. The Kier molecular flexibility index (Phi) is 13.1. The number of aryl methyl sites for hydroxylation is 2. The summed E-state index contributed by atoms with van der Waals surface area (Å²) in [5.74, 6) is 1.79. The quantitative estimate of drug-likeness (QED) is 0.0563. The van der Waals surface area contributed by atoms with Gasteiger partial charge in [0.25, 0.3) is 19.3 Å². The third kappa shape index (κ3) is 8.85. The van der Waals surface area contributed by atoms with Gasteiger partial charge in [0.2, 0.25) is 23.2 Å². The van der Waals surface area contributed by atoms with Gasteiger partial charge >= 0.3 is 0 Å². The molecule has 5 aromatic rings. The Hall–Kier alpha value is -6.15. The fraction of sp³-hybridized carbons (Fsp3) is 0.509. The maximum atomic E-state index is 14.6. The normalized spacial score (nSPS) is 23.3. The topological polar surface area (TPSA) is 255 Å². The lowest BCUT2D eigenvalue weighted by Crippen LogP contribution is -2.45. The molecule has 1 unspecified atom stereocenters. The van der Waals surface area contributed by atoms with Gasteiger partial charge in [-0.25, -0.2) is 9.56 Å². The van der Waals surface area contributed by atoms with Crippen molar-refractivity contribution >= 4 is 54.0 Å². The summed E-state index contributed by atoms with van der Waals surface area (Å²) in [6.07, 6.45) is 7.55. The van der Waals surface area contributed by atoms with Crippen LogP contribution in [0.25, 0.3) is 16.7 Å². The standard InChI is InChI=1S/C53H63N10O10P/c1-60(22-12-19-39(64)55-20-6-2-3-7-21-56-53-57-41-48(58-52(54)59-49(41)66)63(53)51-44(65)47-38(71-51)29-70-74(68,69)73-47)50(67)33-16-5-4-15-32(33)40-36-27-30-13-8-23-61-25-10-17-34(42(30)61)45(36)72-46-35-18-11-26-62-24-9-14-31(43(35)62)28-37(40)46/h4-5,15-16,27-28,38,44,47,51,65H,2-3,6-14,17-26,29H2,1H3,(H5,54,55,59,64,66,67,68,69)/t38-,44-,47-,51-/m1/s1. The minimum absolute atomic E-state index is 0.0425. The summed E-state index contributed by atoms with van der Waals surface area (Å²) in [6.45, 7) is 5.32. The molecule has 21 heteroatoms. The monoisotopic (exact) mass is 1030 g/mol. The number of aromatic amines is 1. The van der Waals surface area contributed by atoms with Crippen LogP contribution >= 0.6 is 7.82 Å². The second-order valence-corrected chi connectivity index (χ2v) is 22.1. The minimum atomic E-state index is -4.62. The molecule has 20 nitrogen and oxygen atoms in total. The van der Waals surface area contributed by atoms with Crippen LogP contribution in [-0.4, -0.2) is 119 Å². The first-order valence-electron chi connectivity index (χ1n) is 26.5. The maximum Gasteiger partial charge on any atom is 0.280 e. The highest BCUT2D eigenvalue weighted by Crippen LogP contribution is 2.51. The minimum Gasteiger partial charge on any atom is -0.756 e. The van der Waals surface area contributed by atoms with E-state index in [9.17, 15) is 28.9 Å². The zero-order valence-corrected chi connectivity index (χ0v) is 42.6. The van der Waals surface area contributed by atoms with Crippen LogP contribution in [0, 0.1) is 0 Å². The molecular weight excluding hydrogens is 968 g/mol. The van der Waals surface area contributed by atoms with E-state index >= 15 is 0 Å². The average molecular weight is 1030 g/mol. The number of imidazole rings is 1. The van der Waals surface area contributed by atoms with Gasteiger partial charge in [-0.05, 0) is 87.1 Å². The highest BCUT2D eigenvalue weighted by atomic mass is 31.2. The van der Waals surface area contributed by atoms with Crippen molar-refractivity contribution in [1.29, 1.82) is 0 Å². The van der Waals surface area contributed by atoms with E-state index in [1.54, 1.807) is 4.90 Å².